The summed E-state index contributed by atoms with van der Waals surface area (Å²) in [5.41, 5.74) is 7.37. The monoisotopic (exact) mass is 352 g/mol. The van der Waals surface area contributed by atoms with E-state index >= 15 is 0 Å². The molecule has 1 fully saturated rings. The summed E-state index contributed by atoms with van der Waals surface area (Å²) < 4.78 is 6.26. The topological polar surface area (TPSA) is 64.3 Å². The Morgan fingerprint density at radius 3 is 2.27 bits per heavy atom. The molecule has 0 spiro atoms. The molecule has 3 N–H and O–H groups in total. The minimum Gasteiger partial charge on any atom is -0.477 e. The van der Waals surface area contributed by atoms with Crippen LogP contribution in [0.3, 0.4) is 0 Å². The number of primary amides is 1. The summed E-state index contributed by atoms with van der Waals surface area (Å²) in [7, 11) is 0. The van der Waals surface area contributed by atoms with Gasteiger partial charge in [0.1, 0.15) is 5.75 Å². The third-order valence-corrected chi connectivity index (χ3v) is 5.42. The second kappa shape index (κ2) is 8.37. The summed E-state index contributed by atoms with van der Waals surface area (Å²) in [6, 6.07) is 18.4. The number of ether oxygens (including phenoxy) is 1. The molecule has 1 heterocycles. The second-order valence-electron chi connectivity index (χ2n) is 7.04. The van der Waals surface area contributed by atoms with Gasteiger partial charge in [-0.05, 0) is 62.0 Å². The molecule has 1 unspecified atom stereocenters. The summed E-state index contributed by atoms with van der Waals surface area (Å²) in [5, 5.41) is 3.34. The van der Waals surface area contributed by atoms with Gasteiger partial charge in [0.15, 0.2) is 5.60 Å². The first-order chi connectivity index (χ1) is 12.6. The smallest absolute Gasteiger partial charge is 0.261 e. The molecule has 0 aliphatic carbocycles. The Bertz CT molecular complexity index is 709. The van der Waals surface area contributed by atoms with Gasteiger partial charge < -0.3 is 15.8 Å². The van der Waals surface area contributed by atoms with Crippen molar-refractivity contribution in [2.75, 3.05) is 13.1 Å². The van der Waals surface area contributed by atoms with Gasteiger partial charge in [0, 0.05) is 5.92 Å². The molecule has 3 rings (SSSR count). The van der Waals surface area contributed by atoms with Crippen LogP contribution in [0, 0.1) is 5.92 Å². The van der Waals surface area contributed by atoms with E-state index in [1.807, 2.05) is 37.3 Å². The first kappa shape index (κ1) is 18.5. The number of hydrogen-bond acceptors (Lipinski definition) is 3. The van der Waals surface area contributed by atoms with Crippen molar-refractivity contribution in [2.45, 2.75) is 38.2 Å². The molecular weight excluding hydrogens is 324 g/mol. The van der Waals surface area contributed by atoms with Crippen molar-refractivity contribution in [2.24, 2.45) is 11.7 Å². The van der Waals surface area contributed by atoms with Crippen LogP contribution in [0.2, 0.25) is 0 Å². The van der Waals surface area contributed by atoms with Crippen LogP contribution in [0.1, 0.15) is 37.3 Å². The summed E-state index contributed by atoms with van der Waals surface area (Å²) >= 11 is 0. The molecule has 2 aromatic rings. The zero-order valence-electron chi connectivity index (χ0n) is 15.4. The van der Waals surface area contributed by atoms with Gasteiger partial charge in [-0.1, -0.05) is 49.4 Å². The molecule has 1 saturated heterocycles. The maximum Gasteiger partial charge on any atom is 0.261 e. The number of amides is 1. The Morgan fingerprint density at radius 2 is 1.69 bits per heavy atom. The minimum atomic E-state index is -0.928. The normalized spacial score (nSPS) is 17.4. The zero-order chi connectivity index (χ0) is 18.4. The first-order valence-electron chi connectivity index (χ1n) is 9.46. The zero-order valence-corrected chi connectivity index (χ0v) is 15.4. The highest BCUT2D eigenvalue weighted by atomic mass is 16.5. The molecular formula is C22H28N2O2. The van der Waals surface area contributed by atoms with Crippen molar-refractivity contribution in [1.29, 1.82) is 0 Å². The lowest BCUT2D eigenvalue weighted by atomic mass is 9.78. The highest BCUT2D eigenvalue weighted by Crippen LogP contribution is 2.34. The predicted molar refractivity (Wildman–Crippen MR) is 104 cm³/mol. The fourth-order valence-corrected chi connectivity index (χ4v) is 3.88. The molecule has 138 valence electrons. The predicted octanol–water partition coefficient (Wildman–Crippen LogP) is 3.29. The Morgan fingerprint density at radius 1 is 1.08 bits per heavy atom. The lowest BCUT2D eigenvalue weighted by molar-refractivity contribution is -0.140. The van der Waals surface area contributed by atoms with E-state index in [0.29, 0.717) is 12.2 Å². The van der Waals surface area contributed by atoms with Crippen LogP contribution < -0.4 is 15.8 Å². The van der Waals surface area contributed by atoms with Gasteiger partial charge in [0.25, 0.3) is 5.91 Å². The van der Waals surface area contributed by atoms with Gasteiger partial charge in [0.2, 0.25) is 0 Å². The van der Waals surface area contributed by atoms with Gasteiger partial charge in [-0.25, -0.2) is 0 Å². The van der Waals surface area contributed by atoms with Crippen LogP contribution in [-0.2, 0) is 11.2 Å². The standard InChI is InChI=1S/C22H28N2O2/c1-2-22(21(23)25,19-12-14-24-15-13-19)26-20-10-8-18(9-11-20)16-17-6-4-3-5-7-17/h3-11,19,24H,2,12-16H2,1H3,(H2,23,25). The Hall–Kier alpha value is -2.33. The fraction of sp³-hybridized carbons (Fsp3) is 0.409. The number of nitrogens with two attached hydrogens (primary N) is 1. The number of piperidine rings is 1. The summed E-state index contributed by atoms with van der Waals surface area (Å²) in [6.07, 6.45) is 3.27. The molecule has 1 amide bonds. The number of benzene rings is 2. The highest BCUT2D eigenvalue weighted by Gasteiger charge is 2.45. The number of carbonyl (C=O) groups excluding carboxylic acids is 1. The summed E-state index contributed by atoms with van der Waals surface area (Å²) in [4.78, 5) is 12.3. The van der Waals surface area contributed by atoms with E-state index in [1.165, 1.54) is 11.1 Å². The van der Waals surface area contributed by atoms with E-state index in [2.05, 4.69) is 29.6 Å². The summed E-state index contributed by atoms with van der Waals surface area (Å²) in [5.74, 6) is 0.497. The van der Waals surface area contributed by atoms with Crippen LogP contribution in [0.15, 0.2) is 54.6 Å². The molecule has 2 aromatic carbocycles. The lowest BCUT2D eigenvalue weighted by Crippen LogP contribution is -2.56. The maximum absolute atomic E-state index is 12.3. The van der Waals surface area contributed by atoms with Crippen LogP contribution in [0.4, 0.5) is 0 Å². The quantitative estimate of drug-likeness (QED) is 0.804. The molecule has 1 atom stereocenters. The molecule has 26 heavy (non-hydrogen) atoms. The maximum atomic E-state index is 12.3. The molecule has 0 radical (unpaired) electrons. The van der Waals surface area contributed by atoms with E-state index < -0.39 is 5.60 Å². The van der Waals surface area contributed by atoms with Crippen LogP contribution in [-0.4, -0.2) is 24.6 Å². The Balaban J connectivity index is 1.75. The van der Waals surface area contributed by atoms with Crippen molar-refractivity contribution < 1.29 is 9.53 Å². The molecule has 0 aromatic heterocycles. The van der Waals surface area contributed by atoms with E-state index in [1.54, 1.807) is 0 Å². The van der Waals surface area contributed by atoms with E-state index in [0.717, 1.165) is 32.4 Å². The molecule has 0 bridgehead atoms. The van der Waals surface area contributed by atoms with Crippen molar-refractivity contribution in [1.82, 2.24) is 5.32 Å². The number of nitrogens with one attached hydrogen (secondary N) is 1. The molecule has 4 heteroatoms. The largest absolute Gasteiger partial charge is 0.477 e. The minimum absolute atomic E-state index is 0.148. The van der Waals surface area contributed by atoms with Gasteiger partial charge in [-0.2, -0.15) is 0 Å². The average Bonchev–Trinajstić information content (AvgIpc) is 2.69. The number of carbonyl (C=O) groups is 1. The molecule has 1 aliphatic heterocycles. The molecule has 4 nitrogen and oxygen atoms in total. The lowest BCUT2D eigenvalue weighted by Gasteiger charge is -2.39. The van der Waals surface area contributed by atoms with Crippen LogP contribution in [0.5, 0.6) is 5.75 Å². The van der Waals surface area contributed by atoms with Crippen LogP contribution >= 0.6 is 0 Å². The van der Waals surface area contributed by atoms with Gasteiger partial charge in [-0.3, -0.25) is 4.79 Å². The van der Waals surface area contributed by atoms with Crippen molar-refractivity contribution in [3.63, 3.8) is 0 Å². The Labute approximate surface area is 155 Å². The summed E-state index contributed by atoms with van der Waals surface area (Å²) in [6.45, 7) is 3.79. The Kier molecular flexibility index (Phi) is 5.94. The highest BCUT2D eigenvalue weighted by molar-refractivity contribution is 5.84. The SMILES string of the molecule is CCC(Oc1ccc(Cc2ccccc2)cc1)(C(N)=O)C1CCNCC1. The van der Waals surface area contributed by atoms with E-state index in [-0.39, 0.29) is 11.8 Å². The van der Waals surface area contributed by atoms with Crippen molar-refractivity contribution in [3.8, 4) is 5.75 Å². The molecule has 1 aliphatic rings. The molecule has 0 saturated carbocycles. The van der Waals surface area contributed by atoms with E-state index in [4.69, 9.17) is 10.5 Å². The van der Waals surface area contributed by atoms with Gasteiger partial charge in [0.05, 0.1) is 0 Å². The number of rotatable bonds is 7. The second-order valence-corrected chi connectivity index (χ2v) is 7.04. The fourth-order valence-electron chi connectivity index (χ4n) is 3.88. The van der Waals surface area contributed by atoms with Crippen molar-refractivity contribution in [3.05, 3.63) is 65.7 Å². The van der Waals surface area contributed by atoms with E-state index in [9.17, 15) is 4.79 Å². The number of hydrogen-bond donors (Lipinski definition) is 2. The van der Waals surface area contributed by atoms with Crippen LogP contribution in [0.25, 0.3) is 0 Å². The van der Waals surface area contributed by atoms with Gasteiger partial charge in [-0.15, -0.1) is 0 Å². The van der Waals surface area contributed by atoms with Gasteiger partial charge >= 0.3 is 0 Å². The third kappa shape index (κ3) is 4.07. The third-order valence-electron chi connectivity index (χ3n) is 5.42. The van der Waals surface area contributed by atoms with Crippen molar-refractivity contribution >= 4 is 5.91 Å². The first-order valence-corrected chi connectivity index (χ1v) is 9.46. The average molecular weight is 352 g/mol.